The molecule has 11 heavy (non-hydrogen) atoms. The molecule has 0 amide bonds. The number of rotatable bonds is 5. The highest BCUT2D eigenvalue weighted by atomic mass is 32.2. The summed E-state index contributed by atoms with van der Waals surface area (Å²) in [6.45, 7) is 4.46. The van der Waals surface area contributed by atoms with Crippen molar-refractivity contribution in [3.8, 4) is 0 Å². The molecule has 1 atom stereocenters. The first kappa shape index (κ1) is 10.9. The quantitative estimate of drug-likeness (QED) is 0.601. The van der Waals surface area contributed by atoms with Gasteiger partial charge in [-0.15, -0.1) is 0 Å². The number of hydrogen-bond acceptors (Lipinski definition) is 3. The third-order valence-electron chi connectivity index (χ3n) is 1.60. The molecule has 0 spiro atoms. The van der Waals surface area contributed by atoms with Crippen molar-refractivity contribution < 1.29 is 12.6 Å². The molecule has 0 fully saturated rings. The molecule has 0 bridgehead atoms. The Labute approximate surface area is 68.9 Å². The van der Waals surface area contributed by atoms with Crippen LogP contribution in [0.2, 0.25) is 0 Å². The second-order valence-corrected chi connectivity index (χ2v) is 4.47. The third kappa shape index (κ3) is 7.81. The van der Waals surface area contributed by atoms with Gasteiger partial charge in [-0.1, -0.05) is 20.3 Å². The second-order valence-electron chi connectivity index (χ2n) is 2.83. The van der Waals surface area contributed by atoms with E-state index in [1.165, 1.54) is 0 Å². The summed E-state index contributed by atoms with van der Waals surface area (Å²) >= 11 is 0. The molecule has 0 aliphatic heterocycles. The molecule has 0 aliphatic carbocycles. The Balaban J connectivity index is 3.43. The Morgan fingerprint density at radius 2 is 2.00 bits per heavy atom. The van der Waals surface area contributed by atoms with E-state index in [4.69, 9.17) is 0 Å². The van der Waals surface area contributed by atoms with Crippen LogP contribution in [0.15, 0.2) is 0 Å². The van der Waals surface area contributed by atoms with Crippen LogP contribution in [0, 0.1) is 5.92 Å². The SMILES string of the molecule is CCC(C)CCOS(C)(=O)=O. The molecule has 0 heterocycles. The minimum absolute atomic E-state index is 0.313. The topological polar surface area (TPSA) is 43.4 Å². The van der Waals surface area contributed by atoms with Crippen molar-refractivity contribution in [1.29, 1.82) is 0 Å². The van der Waals surface area contributed by atoms with Crippen molar-refractivity contribution in [3.05, 3.63) is 0 Å². The van der Waals surface area contributed by atoms with Gasteiger partial charge in [0.1, 0.15) is 0 Å². The van der Waals surface area contributed by atoms with Gasteiger partial charge in [0.2, 0.25) is 0 Å². The van der Waals surface area contributed by atoms with Gasteiger partial charge in [0, 0.05) is 0 Å². The molecule has 1 unspecified atom stereocenters. The zero-order chi connectivity index (χ0) is 8.91. The van der Waals surface area contributed by atoms with Crippen LogP contribution in [-0.2, 0) is 14.3 Å². The largest absolute Gasteiger partial charge is 0.270 e. The van der Waals surface area contributed by atoms with Gasteiger partial charge in [0.05, 0.1) is 12.9 Å². The van der Waals surface area contributed by atoms with Gasteiger partial charge in [0.25, 0.3) is 10.1 Å². The Hall–Kier alpha value is -0.0900. The fourth-order valence-corrected chi connectivity index (χ4v) is 1.00. The van der Waals surface area contributed by atoms with E-state index in [9.17, 15) is 8.42 Å². The van der Waals surface area contributed by atoms with Crippen molar-refractivity contribution in [3.63, 3.8) is 0 Å². The van der Waals surface area contributed by atoms with E-state index in [-0.39, 0.29) is 0 Å². The highest BCUT2D eigenvalue weighted by Gasteiger charge is 2.03. The first-order valence-corrected chi connectivity index (χ1v) is 5.61. The van der Waals surface area contributed by atoms with Crippen LogP contribution in [0.25, 0.3) is 0 Å². The van der Waals surface area contributed by atoms with Crippen LogP contribution in [0.5, 0.6) is 0 Å². The maximum absolute atomic E-state index is 10.5. The Morgan fingerprint density at radius 1 is 1.45 bits per heavy atom. The minimum Gasteiger partial charge on any atom is -0.270 e. The van der Waals surface area contributed by atoms with Crippen LogP contribution in [-0.4, -0.2) is 21.3 Å². The summed E-state index contributed by atoms with van der Waals surface area (Å²) in [5.74, 6) is 0.539. The van der Waals surface area contributed by atoms with E-state index in [0.29, 0.717) is 12.5 Å². The lowest BCUT2D eigenvalue weighted by Crippen LogP contribution is -2.06. The summed E-state index contributed by atoms with van der Waals surface area (Å²) < 4.78 is 25.5. The van der Waals surface area contributed by atoms with E-state index in [0.717, 1.165) is 19.1 Å². The second kappa shape index (κ2) is 4.72. The standard InChI is InChI=1S/C7H16O3S/c1-4-7(2)5-6-10-11(3,8)9/h7H,4-6H2,1-3H3. The maximum atomic E-state index is 10.5. The molecule has 0 saturated carbocycles. The lowest BCUT2D eigenvalue weighted by Gasteiger charge is -2.06. The van der Waals surface area contributed by atoms with E-state index < -0.39 is 10.1 Å². The fraction of sp³-hybridized carbons (Fsp3) is 1.00. The van der Waals surface area contributed by atoms with Crippen molar-refractivity contribution in [1.82, 2.24) is 0 Å². The first-order valence-electron chi connectivity index (χ1n) is 3.80. The molecule has 0 rings (SSSR count). The minimum atomic E-state index is -3.23. The molecule has 0 saturated heterocycles. The smallest absolute Gasteiger partial charge is 0.264 e. The Morgan fingerprint density at radius 3 is 2.36 bits per heavy atom. The van der Waals surface area contributed by atoms with Gasteiger partial charge in [-0.05, 0) is 12.3 Å². The van der Waals surface area contributed by atoms with Crippen molar-refractivity contribution >= 4 is 10.1 Å². The van der Waals surface area contributed by atoms with Crippen LogP contribution in [0.4, 0.5) is 0 Å². The zero-order valence-electron chi connectivity index (χ0n) is 7.33. The monoisotopic (exact) mass is 180 g/mol. The van der Waals surface area contributed by atoms with Gasteiger partial charge in [-0.2, -0.15) is 8.42 Å². The van der Waals surface area contributed by atoms with Crippen LogP contribution in [0.3, 0.4) is 0 Å². The van der Waals surface area contributed by atoms with Gasteiger partial charge >= 0.3 is 0 Å². The van der Waals surface area contributed by atoms with Crippen molar-refractivity contribution in [2.75, 3.05) is 12.9 Å². The normalized spacial score (nSPS) is 14.8. The summed E-state index contributed by atoms with van der Waals surface area (Å²) in [7, 11) is -3.23. The van der Waals surface area contributed by atoms with Crippen LogP contribution < -0.4 is 0 Å². The van der Waals surface area contributed by atoms with E-state index >= 15 is 0 Å². The predicted molar refractivity (Wildman–Crippen MR) is 44.9 cm³/mol. The Kier molecular flexibility index (Phi) is 4.68. The summed E-state index contributed by atoms with van der Waals surface area (Å²) in [5, 5.41) is 0. The fourth-order valence-electron chi connectivity index (χ4n) is 0.605. The molecule has 0 aliphatic rings. The first-order chi connectivity index (χ1) is 4.95. The Bertz CT molecular complexity index is 184. The molecular weight excluding hydrogens is 164 g/mol. The maximum Gasteiger partial charge on any atom is 0.264 e. The molecule has 4 heteroatoms. The van der Waals surface area contributed by atoms with E-state index in [1.807, 2.05) is 0 Å². The molecule has 0 aromatic heterocycles. The van der Waals surface area contributed by atoms with Gasteiger partial charge in [0.15, 0.2) is 0 Å². The molecular formula is C7H16O3S. The van der Waals surface area contributed by atoms with Gasteiger partial charge in [-0.3, -0.25) is 4.18 Å². The molecule has 0 N–H and O–H groups in total. The van der Waals surface area contributed by atoms with Gasteiger partial charge in [-0.25, -0.2) is 0 Å². The summed E-state index contributed by atoms with van der Waals surface area (Å²) in [5.41, 5.74) is 0. The van der Waals surface area contributed by atoms with Crippen molar-refractivity contribution in [2.24, 2.45) is 5.92 Å². The molecule has 0 aromatic carbocycles. The summed E-state index contributed by atoms with van der Waals surface area (Å²) in [4.78, 5) is 0. The highest BCUT2D eigenvalue weighted by molar-refractivity contribution is 7.85. The molecule has 68 valence electrons. The average molecular weight is 180 g/mol. The third-order valence-corrected chi connectivity index (χ3v) is 2.20. The van der Waals surface area contributed by atoms with Gasteiger partial charge < -0.3 is 0 Å². The van der Waals surface area contributed by atoms with E-state index in [1.54, 1.807) is 0 Å². The van der Waals surface area contributed by atoms with Crippen molar-refractivity contribution in [2.45, 2.75) is 26.7 Å². The average Bonchev–Trinajstić information content (AvgIpc) is 1.85. The van der Waals surface area contributed by atoms with E-state index in [2.05, 4.69) is 18.0 Å². The lowest BCUT2D eigenvalue weighted by molar-refractivity contribution is 0.288. The zero-order valence-corrected chi connectivity index (χ0v) is 8.15. The van der Waals surface area contributed by atoms with Crippen LogP contribution in [0.1, 0.15) is 26.7 Å². The highest BCUT2D eigenvalue weighted by Crippen LogP contribution is 2.06. The molecule has 0 radical (unpaired) electrons. The molecule has 0 aromatic rings. The predicted octanol–water partition coefficient (Wildman–Crippen LogP) is 1.40. The molecule has 3 nitrogen and oxygen atoms in total. The van der Waals surface area contributed by atoms with Crippen LogP contribution >= 0.6 is 0 Å². The lowest BCUT2D eigenvalue weighted by atomic mass is 10.1. The summed E-state index contributed by atoms with van der Waals surface area (Å²) in [6, 6.07) is 0. The number of hydrogen-bond donors (Lipinski definition) is 0. The summed E-state index contributed by atoms with van der Waals surface area (Å²) in [6.07, 6.45) is 2.94.